The topological polar surface area (TPSA) is 307 Å². The Hall–Kier alpha value is -3.29. The van der Waals surface area contributed by atoms with Crippen LogP contribution in [0.4, 0.5) is 0 Å². The molecule has 0 aromatic heterocycles. The molecule has 3 saturated heterocycles. The number of amides is 1. The summed E-state index contributed by atoms with van der Waals surface area (Å²) in [4.78, 5) is 13.5. The first-order chi connectivity index (χ1) is 52.3. The van der Waals surface area contributed by atoms with Crippen molar-refractivity contribution >= 4 is 5.91 Å². The second-order valence-corrected chi connectivity index (χ2v) is 30.3. The number of nitrogens with one attached hydrogen (secondary N) is 1. The van der Waals surface area contributed by atoms with Crippen LogP contribution >= 0.6 is 0 Å². The van der Waals surface area contributed by atoms with Crippen LogP contribution in [-0.4, -0.2) is 193 Å². The smallest absolute Gasteiger partial charge is 0.220 e. The summed E-state index contributed by atoms with van der Waals surface area (Å²) in [5, 5.41) is 121. The molecule has 0 aliphatic carbocycles. The molecule has 3 heterocycles. The molecule has 107 heavy (non-hydrogen) atoms. The molecule has 12 N–H and O–H groups in total. The Morgan fingerprint density at radius 1 is 0.346 bits per heavy atom. The molecule has 17 unspecified atom stereocenters. The van der Waals surface area contributed by atoms with Crippen LogP contribution in [0.15, 0.2) is 97.2 Å². The van der Waals surface area contributed by atoms with E-state index >= 15 is 0 Å². The van der Waals surface area contributed by atoms with Crippen LogP contribution < -0.4 is 5.32 Å². The van der Waals surface area contributed by atoms with Gasteiger partial charge in [-0.25, -0.2) is 0 Å². The number of ether oxygens (including phenoxy) is 6. The Morgan fingerprint density at radius 2 is 0.645 bits per heavy atom. The van der Waals surface area contributed by atoms with Crippen molar-refractivity contribution in [2.24, 2.45) is 0 Å². The molecule has 0 radical (unpaired) electrons. The lowest BCUT2D eigenvalue weighted by Gasteiger charge is -2.48. The molecule has 3 fully saturated rings. The van der Waals surface area contributed by atoms with Gasteiger partial charge in [0.1, 0.15) is 73.2 Å². The van der Waals surface area contributed by atoms with Crippen LogP contribution in [-0.2, 0) is 33.2 Å². The second kappa shape index (κ2) is 67.2. The van der Waals surface area contributed by atoms with Gasteiger partial charge in [-0.1, -0.05) is 336 Å². The van der Waals surface area contributed by atoms with E-state index in [0.29, 0.717) is 12.8 Å². The molecule has 19 heteroatoms. The number of hydrogen-bond donors (Lipinski definition) is 12. The first-order valence-electron chi connectivity index (χ1n) is 43.0. The second-order valence-electron chi connectivity index (χ2n) is 30.3. The first kappa shape index (κ1) is 97.9. The van der Waals surface area contributed by atoms with E-state index in [1.54, 1.807) is 0 Å². The molecule has 3 aliphatic heterocycles. The summed E-state index contributed by atoms with van der Waals surface area (Å²) >= 11 is 0. The van der Waals surface area contributed by atoms with Gasteiger partial charge in [-0.3, -0.25) is 4.79 Å². The van der Waals surface area contributed by atoms with E-state index in [1.165, 1.54) is 186 Å². The van der Waals surface area contributed by atoms with Gasteiger partial charge >= 0.3 is 0 Å². The number of aliphatic hydroxyl groups excluding tert-OH is 11. The molecule has 0 spiro atoms. The van der Waals surface area contributed by atoms with E-state index in [4.69, 9.17) is 28.4 Å². The maximum Gasteiger partial charge on any atom is 0.220 e. The van der Waals surface area contributed by atoms with E-state index in [9.17, 15) is 61.0 Å². The molecular weight excluding hydrogens is 1360 g/mol. The van der Waals surface area contributed by atoms with Gasteiger partial charge in [0.05, 0.1) is 38.6 Å². The van der Waals surface area contributed by atoms with Gasteiger partial charge in [-0.15, -0.1) is 0 Å². The molecule has 620 valence electrons. The molecule has 3 aliphatic rings. The Labute approximate surface area is 647 Å². The van der Waals surface area contributed by atoms with Gasteiger partial charge in [-0.2, -0.15) is 0 Å². The van der Waals surface area contributed by atoms with Gasteiger partial charge in [0.2, 0.25) is 5.91 Å². The summed E-state index contributed by atoms with van der Waals surface area (Å²) in [6.45, 7) is 1.70. The minimum Gasteiger partial charge on any atom is -0.394 e. The highest BCUT2D eigenvalue weighted by Gasteiger charge is 2.54. The van der Waals surface area contributed by atoms with E-state index < -0.39 is 124 Å². The predicted octanol–water partition coefficient (Wildman–Crippen LogP) is 15.5. The minimum atomic E-state index is -1.98. The fourth-order valence-electron chi connectivity index (χ4n) is 14.1. The number of aliphatic hydroxyl groups is 11. The minimum absolute atomic E-state index is 0.231. The van der Waals surface area contributed by atoms with Crippen molar-refractivity contribution in [2.45, 2.75) is 426 Å². The average Bonchev–Trinajstić information content (AvgIpc) is 0.781. The Bertz CT molecular complexity index is 2310. The van der Waals surface area contributed by atoms with E-state index in [1.807, 2.05) is 0 Å². The van der Waals surface area contributed by atoms with Crippen molar-refractivity contribution in [2.75, 3.05) is 26.4 Å². The van der Waals surface area contributed by atoms with Crippen LogP contribution in [0.1, 0.15) is 322 Å². The number of rotatable bonds is 68. The van der Waals surface area contributed by atoms with Gasteiger partial charge in [0, 0.05) is 6.42 Å². The van der Waals surface area contributed by atoms with Crippen molar-refractivity contribution in [3.63, 3.8) is 0 Å². The Morgan fingerprint density at radius 3 is 1.01 bits per heavy atom. The Balaban J connectivity index is 1.36. The molecule has 17 atom stereocenters. The number of hydrogen-bond acceptors (Lipinski definition) is 18. The summed E-state index contributed by atoms with van der Waals surface area (Å²) in [7, 11) is 0. The van der Waals surface area contributed by atoms with Crippen LogP contribution in [0.3, 0.4) is 0 Å². The Kier molecular flexibility index (Phi) is 61.5. The maximum atomic E-state index is 13.5. The quantitative estimate of drug-likeness (QED) is 0.0199. The normalized spacial score (nSPS) is 26.0. The summed E-state index contributed by atoms with van der Waals surface area (Å²) in [6.07, 6.45) is 65.0. The highest BCUT2D eigenvalue weighted by Crippen LogP contribution is 2.33. The number of unbranched alkanes of at least 4 members (excludes halogenated alkanes) is 36. The molecule has 0 aromatic carbocycles. The number of carbonyl (C=O) groups excluding carboxylic acids is 1. The lowest BCUT2D eigenvalue weighted by atomic mass is 9.96. The summed E-state index contributed by atoms with van der Waals surface area (Å²) < 4.78 is 34.5. The van der Waals surface area contributed by atoms with Crippen molar-refractivity contribution < 1.29 is 89.4 Å². The lowest BCUT2D eigenvalue weighted by Crippen LogP contribution is -2.66. The molecule has 0 bridgehead atoms. The fourth-order valence-corrected chi connectivity index (χ4v) is 14.1. The van der Waals surface area contributed by atoms with Crippen LogP contribution in [0, 0.1) is 0 Å². The zero-order valence-electron chi connectivity index (χ0n) is 66.6. The highest BCUT2D eigenvalue weighted by atomic mass is 16.8. The first-order valence-corrected chi connectivity index (χ1v) is 43.0. The molecule has 3 rings (SSSR count). The summed E-state index contributed by atoms with van der Waals surface area (Å²) in [5.41, 5.74) is 0. The van der Waals surface area contributed by atoms with E-state index in [0.717, 1.165) is 103 Å². The van der Waals surface area contributed by atoms with Crippen LogP contribution in [0.5, 0.6) is 0 Å². The zero-order valence-corrected chi connectivity index (χ0v) is 66.6. The highest BCUT2D eigenvalue weighted by molar-refractivity contribution is 5.76. The van der Waals surface area contributed by atoms with Crippen molar-refractivity contribution in [3.8, 4) is 0 Å². The van der Waals surface area contributed by atoms with E-state index in [2.05, 4.69) is 116 Å². The van der Waals surface area contributed by atoms with Gasteiger partial charge < -0.3 is 89.9 Å². The lowest BCUT2D eigenvalue weighted by molar-refractivity contribution is -0.379. The SMILES string of the molecule is CC/C=C\C/C=C\C/C=C\C/C=C\C/C=C\C/C=C\C/C=C\C/C=C\CCCCCCC(=O)NC(COC1OC(CO)C(OC2OC(CO)C(OC3OC(CO)C(O)C(O)C3O)C(O)C2O)C(O)C1O)C(O)CCCCCCCCCCCCCCCCCCCCCCCCCCCCCCCCCCC. The zero-order chi connectivity index (χ0) is 77.4. The third-order valence-electron chi connectivity index (χ3n) is 20.9. The van der Waals surface area contributed by atoms with Crippen molar-refractivity contribution in [1.82, 2.24) is 5.32 Å². The molecule has 0 saturated carbocycles. The van der Waals surface area contributed by atoms with Gasteiger partial charge in [0.25, 0.3) is 0 Å². The van der Waals surface area contributed by atoms with Gasteiger partial charge in [-0.05, 0) is 77.0 Å². The monoisotopic (exact) mass is 1510 g/mol. The molecule has 1 amide bonds. The third-order valence-corrected chi connectivity index (χ3v) is 20.9. The predicted molar refractivity (Wildman–Crippen MR) is 429 cm³/mol. The molecule has 19 nitrogen and oxygen atoms in total. The third kappa shape index (κ3) is 46.5. The number of carbonyl (C=O) groups is 1. The van der Waals surface area contributed by atoms with Crippen LogP contribution in [0.25, 0.3) is 0 Å². The maximum absolute atomic E-state index is 13.5. The average molecular weight is 1520 g/mol. The number of allylic oxidation sites excluding steroid dienone is 16. The summed E-state index contributed by atoms with van der Waals surface area (Å²) in [6, 6.07) is -0.911. The van der Waals surface area contributed by atoms with Gasteiger partial charge in [0.15, 0.2) is 18.9 Å². The van der Waals surface area contributed by atoms with Crippen molar-refractivity contribution in [1.29, 1.82) is 0 Å². The van der Waals surface area contributed by atoms with E-state index in [-0.39, 0.29) is 18.9 Å². The van der Waals surface area contributed by atoms with Crippen molar-refractivity contribution in [3.05, 3.63) is 97.2 Å². The largest absolute Gasteiger partial charge is 0.394 e. The van der Waals surface area contributed by atoms with Crippen LogP contribution in [0.2, 0.25) is 0 Å². The standard InChI is InChI=1S/C88H155NO18/c1-3-5-7-9-11-13-15-17-19-21-23-25-27-29-31-33-34-35-36-38-39-41-43-45-47-49-51-53-55-57-59-61-63-65-72(93)71(89-76(94)66-64-62-60-58-56-54-52-50-48-46-44-42-40-37-32-30-28-26-24-22-20-18-16-14-12-10-8-6-4-2)70-102-86-82(100)79(97)84(74(68-91)104-86)107-88-83(101)80(98)85(75(69-92)105-88)106-87-81(99)78(96)77(95)73(67-90)103-87/h6,8,12,14,18,20,24,26,30,32,40,42,46,48,52,54,71-75,77-88,90-93,95-101H,3-5,7,9-11,13,15-17,19,21-23,25,27-29,31,33-39,41,43-45,47,49-51,53,55-70H2,1-2H3,(H,89,94)/b8-6-,14-12-,20-18-,26-24-,32-30-,42-40-,48-46-,54-52-. The summed E-state index contributed by atoms with van der Waals surface area (Å²) in [5.74, 6) is -0.267. The fraction of sp³-hybridized carbons (Fsp3) is 0.807. The molecule has 0 aromatic rings. The molecular formula is C88H155NO18.